The van der Waals surface area contributed by atoms with Crippen LogP contribution >= 0.6 is 0 Å². The highest BCUT2D eigenvalue weighted by Crippen LogP contribution is 2.40. The minimum atomic E-state index is -2.81. The quantitative estimate of drug-likeness (QED) is 0.183. The second-order valence-electron chi connectivity index (χ2n) is 12.5. The van der Waals surface area contributed by atoms with Crippen molar-refractivity contribution in [1.29, 1.82) is 0 Å². The number of hydrogen-bond acceptors (Lipinski definition) is 8. The molecule has 3 aliphatic rings. The molecule has 1 aromatic heterocycles. The summed E-state index contributed by atoms with van der Waals surface area (Å²) in [6.45, 7) is 4.85. The number of anilines is 3. The molecule has 48 heavy (non-hydrogen) atoms. The van der Waals surface area contributed by atoms with Crippen LogP contribution in [0.3, 0.4) is 0 Å². The molecule has 4 aromatic rings. The van der Waals surface area contributed by atoms with Crippen molar-refractivity contribution in [3.8, 4) is 28.4 Å². The highest BCUT2D eigenvalue weighted by atomic mass is 19.3. The molecule has 1 N–H and O–H groups in total. The van der Waals surface area contributed by atoms with E-state index in [0.717, 1.165) is 49.7 Å². The number of aromatic nitrogens is 2. The third-order valence-corrected chi connectivity index (χ3v) is 9.43. The van der Waals surface area contributed by atoms with Gasteiger partial charge >= 0.3 is 0 Å². The zero-order valence-electron chi connectivity index (χ0n) is 27.1. The fraction of sp³-hybridized carbons (Fsp3) is 0.351. The Morgan fingerprint density at radius 3 is 2.33 bits per heavy atom. The first-order chi connectivity index (χ1) is 23.2. The van der Waals surface area contributed by atoms with Gasteiger partial charge in [-0.2, -0.15) is 0 Å². The van der Waals surface area contributed by atoms with Crippen LogP contribution in [0.25, 0.3) is 22.0 Å². The van der Waals surface area contributed by atoms with Gasteiger partial charge in [-0.3, -0.25) is 0 Å². The molecule has 0 unspecified atom stereocenters. The first-order valence-corrected chi connectivity index (χ1v) is 16.2. The van der Waals surface area contributed by atoms with Gasteiger partial charge < -0.3 is 29.3 Å². The van der Waals surface area contributed by atoms with Gasteiger partial charge in [0.05, 0.1) is 44.2 Å². The van der Waals surface area contributed by atoms with Gasteiger partial charge in [-0.05, 0) is 72.4 Å². The summed E-state index contributed by atoms with van der Waals surface area (Å²) in [4.78, 5) is 12.8. The van der Waals surface area contributed by atoms with Crippen molar-refractivity contribution in [2.45, 2.75) is 44.1 Å². The number of fused-ring (bicyclic) bond motifs is 1. The summed E-state index contributed by atoms with van der Waals surface area (Å²) < 4.78 is 59.6. The molecule has 250 valence electrons. The van der Waals surface area contributed by atoms with Gasteiger partial charge in [0.1, 0.15) is 29.8 Å². The van der Waals surface area contributed by atoms with Crippen molar-refractivity contribution in [2.24, 2.45) is 0 Å². The lowest BCUT2D eigenvalue weighted by Gasteiger charge is -2.40. The number of methoxy groups -OCH3 is 2. The van der Waals surface area contributed by atoms with Crippen molar-refractivity contribution < 1.29 is 27.4 Å². The van der Waals surface area contributed by atoms with Gasteiger partial charge in [0.25, 0.3) is 5.92 Å². The molecule has 0 amide bonds. The first kappa shape index (κ1) is 31.7. The van der Waals surface area contributed by atoms with Crippen molar-refractivity contribution in [2.75, 3.05) is 50.6 Å². The maximum atomic E-state index is 14.6. The van der Waals surface area contributed by atoms with Crippen LogP contribution in [-0.4, -0.2) is 67.3 Å². The second-order valence-corrected chi connectivity index (χ2v) is 12.5. The zero-order chi connectivity index (χ0) is 33.4. The molecular formula is C37H38F3N5O3. The Balaban J connectivity index is 1.14. The molecule has 3 aromatic carbocycles. The average Bonchev–Trinajstić information content (AvgIpc) is 3.06. The predicted molar refractivity (Wildman–Crippen MR) is 181 cm³/mol. The lowest BCUT2D eigenvalue weighted by atomic mass is 9.89. The van der Waals surface area contributed by atoms with Gasteiger partial charge in [-0.1, -0.05) is 18.7 Å². The summed E-state index contributed by atoms with van der Waals surface area (Å²) in [5.41, 5.74) is 5.64. The van der Waals surface area contributed by atoms with Crippen LogP contribution in [0, 0.1) is 5.82 Å². The van der Waals surface area contributed by atoms with Crippen LogP contribution in [0.4, 0.5) is 30.4 Å². The van der Waals surface area contributed by atoms with Crippen LogP contribution in [0.2, 0.25) is 0 Å². The highest BCUT2D eigenvalue weighted by Gasteiger charge is 2.44. The number of halogens is 3. The molecular weight excluding hydrogens is 619 g/mol. The summed E-state index contributed by atoms with van der Waals surface area (Å²) in [7, 11) is 3.18. The number of nitrogens with one attached hydrogen (secondary N) is 1. The second kappa shape index (κ2) is 12.9. The number of hydrogen-bond donors (Lipinski definition) is 1. The monoisotopic (exact) mass is 657 g/mol. The van der Waals surface area contributed by atoms with E-state index in [1.165, 1.54) is 35.0 Å². The Hall–Kier alpha value is -4.93. The fourth-order valence-electron chi connectivity index (χ4n) is 6.65. The Labute approximate surface area is 277 Å². The fourth-order valence-corrected chi connectivity index (χ4v) is 6.65. The first-order valence-electron chi connectivity index (χ1n) is 16.2. The van der Waals surface area contributed by atoms with E-state index in [-0.39, 0.29) is 11.8 Å². The van der Waals surface area contributed by atoms with E-state index in [1.807, 2.05) is 30.3 Å². The number of nitrogens with zero attached hydrogens (tertiary/aromatic N) is 4. The van der Waals surface area contributed by atoms with Crippen LogP contribution in [0.5, 0.6) is 17.2 Å². The predicted octanol–water partition coefficient (Wildman–Crippen LogP) is 8.12. The van der Waals surface area contributed by atoms with Gasteiger partial charge in [0.15, 0.2) is 11.5 Å². The number of rotatable bonds is 10. The Morgan fingerprint density at radius 1 is 0.938 bits per heavy atom. The zero-order valence-corrected chi connectivity index (χ0v) is 27.1. The minimum Gasteiger partial charge on any atom is -0.495 e. The van der Waals surface area contributed by atoms with Gasteiger partial charge in [0.2, 0.25) is 0 Å². The molecule has 1 aliphatic carbocycles. The van der Waals surface area contributed by atoms with Gasteiger partial charge in [-0.25, -0.2) is 23.1 Å². The molecule has 7 rings (SSSR count). The van der Waals surface area contributed by atoms with E-state index in [2.05, 4.69) is 26.8 Å². The lowest BCUT2D eigenvalue weighted by molar-refractivity contribution is -0.0265. The molecule has 0 radical (unpaired) electrons. The van der Waals surface area contributed by atoms with Gasteiger partial charge in [-0.15, -0.1) is 0 Å². The van der Waals surface area contributed by atoms with Crippen molar-refractivity contribution in [3.05, 3.63) is 84.6 Å². The van der Waals surface area contributed by atoms with E-state index in [1.54, 1.807) is 32.4 Å². The van der Waals surface area contributed by atoms with Crippen molar-refractivity contribution in [3.63, 3.8) is 0 Å². The third kappa shape index (κ3) is 6.21. The summed E-state index contributed by atoms with van der Waals surface area (Å²) in [5.74, 6) is -1.07. The van der Waals surface area contributed by atoms with Crippen molar-refractivity contribution in [1.82, 2.24) is 14.9 Å². The van der Waals surface area contributed by atoms with E-state index in [4.69, 9.17) is 14.2 Å². The third-order valence-electron chi connectivity index (χ3n) is 9.43. The number of benzene rings is 3. The molecule has 1 saturated carbocycles. The summed E-state index contributed by atoms with van der Waals surface area (Å²) in [5, 5.41) is 4.12. The van der Waals surface area contributed by atoms with E-state index in [9.17, 15) is 13.2 Å². The molecule has 3 fully saturated rings. The normalized spacial score (nSPS) is 17.4. The maximum Gasteiger partial charge on any atom is 0.282 e. The smallest absolute Gasteiger partial charge is 0.282 e. The number of alkyl halides is 2. The van der Waals surface area contributed by atoms with Crippen molar-refractivity contribution >= 4 is 28.1 Å². The van der Waals surface area contributed by atoms with Crippen LogP contribution in [0.15, 0.2) is 78.8 Å². The summed E-state index contributed by atoms with van der Waals surface area (Å²) in [6.07, 6.45) is 8.81. The summed E-state index contributed by atoms with van der Waals surface area (Å²) in [6, 6.07) is 13.8. The van der Waals surface area contributed by atoms with E-state index >= 15 is 0 Å². The Bertz CT molecular complexity index is 1880. The molecule has 8 nitrogen and oxygen atoms in total. The Morgan fingerprint density at radius 2 is 1.67 bits per heavy atom. The Kier molecular flexibility index (Phi) is 8.53. The standard InChI is InChI=1S/C37H38F3N5O3/c1-4-31(23-6-5-7-23)44-14-12-26(13-15-44)48-35-18-27-29(19-34(35)47-3)41-22-42-36(27)43-30-16-24(9-11-33(30)46-2)25-8-10-28(38)32(17-25)45-20-37(39,40)21-45/h4,8-11,16-19,22,26H,1,5-7,12-15,20-21H2,2-3H3,(H,41,42,43). The minimum absolute atomic E-state index is 0.0194. The largest absolute Gasteiger partial charge is 0.495 e. The van der Waals surface area contributed by atoms with Crippen LogP contribution in [-0.2, 0) is 0 Å². The molecule has 0 spiro atoms. The number of piperidine rings is 1. The molecule has 3 heterocycles. The van der Waals surface area contributed by atoms with Crippen LogP contribution in [0.1, 0.15) is 32.1 Å². The number of ether oxygens (including phenoxy) is 3. The molecule has 0 atom stereocenters. The average molecular weight is 658 g/mol. The lowest BCUT2D eigenvalue weighted by Crippen LogP contribution is -2.56. The summed E-state index contributed by atoms with van der Waals surface area (Å²) >= 11 is 0. The molecule has 0 bridgehead atoms. The molecule has 2 aliphatic heterocycles. The highest BCUT2D eigenvalue weighted by molar-refractivity contribution is 5.94. The SMILES string of the molecule is C=CC(=C1CCC1)N1CCC(Oc2cc3c(Nc4cc(-c5ccc(F)c(N6CC(F)(F)C6)c5)ccc4OC)ncnc3cc2OC)CC1. The number of allylic oxidation sites excluding steroid dienone is 2. The number of likely N-dealkylation sites (tertiary alicyclic amines) is 1. The van der Waals surface area contributed by atoms with Crippen LogP contribution < -0.4 is 24.4 Å². The topological polar surface area (TPSA) is 72.0 Å². The molecule has 2 saturated heterocycles. The van der Waals surface area contributed by atoms with Gasteiger partial charge in [0, 0.05) is 43.1 Å². The van der Waals surface area contributed by atoms with E-state index in [0.29, 0.717) is 39.8 Å². The molecule has 11 heteroatoms. The van der Waals surface area contributed by atoms with E-state index < -0.39 is 24.8 Å². The maximum absolute atomic E-state index is 14.6.